The first-order chi connectivity index (χ1) is 14.0. The Kier molecular flexibility index (Phi) is 7.22. The third kappa shape index (κ3) is 6.59. The Morgan fingerprint density at radius 3 is 2.31 bits per heavy atom. The number of carbonyl (C=O) groups excluding carboxylic acids is 2. The predicted molar refractivity (Wildman–Crippen MR) is 113 cm³/mol. The van der Waals surface area contributed by atoms with Gasteiger partial charge >= 0.3 is 0 Å². The van der Waals surface area contributed by atoms with Gasteiger partial charge in [0.2, 0.25) is 11.8 Å². The van der Waals surface area contributed by atoms with E-state index in [1.807, 2.05) is 24.3 Å². The Hall–Kier alpha value is -2.89. The number of nitrogens with zero attached hydrogens (tertiary/aromatic N) is 1. The maximum atomic E-state index is 12.9. The van der Waals surface area contributed by atoms with Crippen molar-refractivity contribution in [2.24, 2.45) is 5.92 Å². The quantitative estimate of drug-likeness (QED) is 0.700. The summed E-state index contributed by atoms with van der Waals surface area (Å²) in [6.45, 7) is 4.81. The highest BCUT2D eigenvalue weighted by atomic mass is 19.1. The molecule has 3 rings (SSSR count). The molecule has 1 heterocycles. The van der Waals surface area contributed by atoms with Crippen LogP contribution in [0.4, 0.5) is 15.8 Å². The van der Waals surface area contributed by atoms with Gasteiger partial charge in [-0.15, -0.1) is 0 Å². The van der Waals surface area contributed by atoms with Gasteiger partial charge in [-0.25, -0.2) is 4.39 Å². The lowest BCUT2D eigenvalue weighted by Crippen LogP contribution is -2.32. The molecule has 0 radical (unpaired) electrons. The summed E-state index contributed by atoms with van der Waals surface area (Å²) < 4.78 is 12.9. The zero-order valence-corrected chi connectivity index (χ0v) is 16.8. The van der Waals surface area contributed by atoms with Crippen LogP contribution in [0.2, 0.25) is 0 Å². The van der Waals surface area contributed by atoms with E-state index in [9.17, 15) is 14.0 Å². The molecule has 1 fully saturated rings. The smallest absolute Gasteiger partial charge is 0.233 e. The summed E-state index contributed by atoms with van der Waals surface area (Å²) in [6.07, 6.45) is 2.77. The molecule has 2 aromatic carbocycles. The second kappa shape index (κ2) is 10.0. The highest BCUT2D eigenvalue weighted by Gasteiger charge is 2.16. The van der Waals surface area contributed by atoms with Crippen molar-refractivity contribution in [1.82, 2.24) is 5.32 Å². The number of rotatable bonds is 7. The second-order valence-corrected chi connectivity index (χ2v) is 7.67. The van der Waals surface area contributed by atoms with Crippen LogP contribution in [-0.2, 0) is 16.0 Å². The van der Waals surface area contributed by atoms with Gasteiger partial charge in [0.05, 0.1) is 0 Å². The van der Waals surface area contributed by atoms with Crippen LogP contribution in [-0.4, -0.2) is 31.4 Å². The van der Waals surface area contributed by atoms with Crippen molar-refractivity contribution < 1.29 is 14.0 Å². The van der Waals surface area contributed by atoms with E-state index in [-0.39, 0.29) is 24.1 Å². The van der Waals surface area contributed by atoms with E-state index in [2.05, 4.69) is 22.5 Å². The number of hydrogen-bond donors (Lipinski definition) is 2. The summed E-state index contributed by atoms with van der Waals surface area (Å²) >= 11 is 0. The van der Waals surface area contributed by atoms with E-state index >= 15 is 0 Å². The Morgan fingerprint density at radius 2 is 1.66 bits per heavy atom. The molecule has 154 valence electrons. The number of carbonyl (C=O) groups is 2. The first-order valence-corrected chi connectivity index (χ1v) is 10.2. The van der Waals surface area contributed by atoms with Crippen molar-refractivity contribution >= 4 is 23.2 Å². The second-order valence-electron chi connectivity index (χ2n) is 7.67. The lowest BCUT2D eigenvalue weighted by atomic mass is 9.99. The van der Waals surface area contributed by atoms with Crippen molar-refractivity contribution in [1.29, 1.82) is 0 Å². The van der Waals surface area contributed by atoms with E-state index < -0.39 is 0 Å². The Bertz CT molecular complexity index is 813. The van der Waals surface area contributed by atoms with Gasteiger partial charge in [0.1, 0.15) is 12.2 Å². The Morgan fingerprint density at radius 1 is 1.00 bits per heavy atom. The van der Waals surface area contributed by atoms with Crippen LogP contribution >= 0.6 is 0 Å². The van der Waals surface area contributed by atoms with Gasteiger partial charge in [-0.2, -0.15) is 0 Å². The van der Waals surface area contributed by atoms with Crippen LogP contribution in [0.15, 0.2) is 48.5 Å². The molecule has 2 N–H and O–H groups in total. The first kappa shape index (κ1) is 20.8. The SMILES string of the molecule is CC1CCN(c2ccc(NC(=O)CC(=O)NCCc3ccc(F)cc3)cc2)CC1. The maximum Gasteiger partial charge on any atom is 0.233 e. The number of halogens is 1. The van der Waals surface area contributed by atoms with Gasteiger partial charge < -0.3 is 15.5 Å². The average Bonchev–Trinajstić information content (AvgIpc) is 2.71. The van der Waals surface area contributed by atoms with E-state index in [1.54, 1.807) is 12.1 Å². The van der Waals surface area contributed by atoms with Crippen molar-refractivity contribution in [2.75, 3.05) is 29.9 Å². The molecule has 0 atom stereocenters. The molecular formula is C23H28FN3O2. The van der Waals surface area contributed by atoms with Crippen molar-refractivity contribution in [3.05, 3.63) is 59.9 Å². The minimum Gasteiger partial charge on any atom is -0.372 e. The van der Waals surface area contributed by atoms with E-state index in [0.29, 0.717) is 18.7 Å². The average molecular weight is 397 g/mol. The van der Waals surface area contributed by atoms with Crippen molar-refractivity contribution in [3.63, 3.8) is 0 Å². The lowest BCUT2D eigenvalue weighted by Gasteiger charge is -2.32. The van der Waals surface area contributed by atoms with E-state index in [4.69, 9.17) is 0 Å². The first-order valence-electron chi connectivity index (χ1n) is 10.2. The fraction of sp³-hybridized carbons (Fsp3) is 0.391. The molecule has 6 heteroatoms. The zero-order chi connectivity index (χ0) is 20.6. The number of piperidine rings is 1. The third-order valence-electron chi connectivity index (χ3n) is 5.27. The predicted octanol–water partition coefficient (Wildman–Crippen LogP) is 3.75. The molecule has 0 spiro atoms. The summed E-state index contributed by atoms with van der Waals surface area (Å²) in [5, 5.41) is 5.48. The molecular weight excluding hydrogens is 369 g/mol. The summed E-state index contributed by atoms with van der Waals surface area (Å²) in [5.41, 5.74) is 2.77. The van der Waals surface area contributed by atoms with Crippen LogP contribution in [0.5, 0.6) is 0 Å². The van der Waals surface area contributed by atoms with Crippen LogP contribution in [0.1, 0.15) is 31.7 Å². The fourth-order valence-corrected chi connectivity index (χ4v) is 3.43. The highest BCUT2D eigenvalue weighted by Crippen LogP contribution is 2.24. The van der Waals surface area contributed by atoms with Gasteiger partial charge in [0.15, 0.2) is 0 Å². The number of nitrogens with one attached hydrogen (secondary N) is 2. The Balaban J connectivity index is 1.39. The molecule has 1 saturated heterocycles. The van der Waals surface area contributed by atoms with Gasteiger partial charge in [-0.3, -0.25) is 9.59 Å². The molecule has 0 aliphatic carbocycles. The zero-order valence-electron chi connectivity index (χ0n) is 16.8. The number of hydrogen-bond acceptors (Lipinski definition) is 3. The molecule has 0 aromatic heterocycles. The minimum atomic E-state index is -0.344. The van der Waals surface area contributed by atoms with Crippen LogP contribution in [0.3, 0.4) is 0 Å². The summed E-state index contributed by atoms with van der Waals surface area (Å²) in [6, 6.07) is 13.9. The van der Waals surface area contributed by atoms with Gasteiger partial charge in [0, 0.05) is 31.0 Å². The van der Waals surface area contributed by atoms with Crippen LogP contribution in [0.25, 0.3) is 0 Å². The molecule has 2 amide bonds. The number of benzene rings is 2. The normalized spacial score (nSPS) is 14.5. The molecule has 0 saturated carbocycles. The molecule has 1 aliphatic rings. The standard InChI is InChI=1S/C23H28FN3O2/c1-17-11-14-27(15-12-17)21-8-6-20(7-9-21)26-23(29)16-22(28)25-13-10-18-2-4-19(24)5-3-18/h2-9,17H,10-16H2,1H3,(H,25,28)(H,26,29). The summed E-state index contributed by atoms with van der Waals surface area (Å²) in [7, 11) is 0. The largest absolute Gasteiger partial charge is 0.372 e. The van der Waals surface area contributed by atoms with Crippen LogP contribution < -0.4 is 15.5 Å². The fourth-order valence-electron chi connectivity index (χ4n) is 3.43. The summed E-state index contributed by atoms with van der Waals surface area (Å²) in [5.74, 6) is -0.174. The van der Waals surface area contributed by atoms with E-state index in [0.717, 1.165) is 30.3 Å². The van der Waals surface area contributed by atoms with Gasteiger partial charge in [-0.05, 0) is 67.1 Å². The molecule has 1 aliphatic heterocycles. The lowest BCUT2D eigenvalue weighted by molar-refractivity contribution is -0.126. The van der Waals surface area contributed by atoms with Crippen LogP contribution in [0, 0.1) is 11.7 Å². The molecule has 0 bridgehead atoms. The number of anilines is 2. The van der Waals surface area contributed by atoms with E-state index in [1.165, 1.54) is 25.0 Å². The van der Waals surface area contributed by atoms with Gasteiger partial charge in [-0.1, -0.05) is 19.1 Å². The highest BCUT2D eigenvalue weighted by molar-refractivity contribution is 6.03. The summed E-state index contributed by atoms with van der Waals surface area (Å²) in [4.78, 5) is 26.4. The number of amides is 2. The molecule has 29 heavy (non-hydrogen) atoms. The molecule has 2 aromatic rings. The monoisotopic (exact) mass is 397 g/mol. The Labute approximate surface area is 171 Å². The molecule has 0 unspecified atom stereocenters. The van der Waals surface area contributed by atoms with Crippen molar-refractivity contribution in [3.8, 4) is 0 Å². The topological polar surface area (TPSA) is 61.4 Å². The third-order valence-corrected chi connectivity index (χ3v) is 5.27. The maximum absolute atomic E-state index is 12.9. The molecule has 5 nitrogen and oxygen atoms in total. The van der Waals surface area contributed by atoms with Crippen molar-refractivity contribution in [2.45, 2.75) is 32.6 Å². The van der Waals surface area contributed by atoms with Gasteiger partial charge in [0.25, 0.3) is 0 Å². The minimum absolute atomic E-state index is 0.227.